The van der Waals surface area contributed by atoms with E-state index in [1.807, 2.05) is 13.8 Å². The third kappa shape index (κ3) is 2.19. The highest BCUT2D eigenvalue weighted by molar-refractivity contribution is 5.27. The maximum absolute atomic E-state index is 10.4. The minimum Gasteiger partial charge on any atom is -0.390 e. The standard InChI is InChI=1S/C16H28O/c1-11-6-8-13(15(3,4)17)10-16(5)12(2)7-9-14(11)16/h12-13,17H,6-10H2,1-5H3/t12-,13+,16-/m0/s1. The molecule has 0 amide bonds. The second-order valence-electron chi connectivity index (χ2n) is 7.21. The van der Waals surface area contributed by atoms with Gasteiger partial charge in [-0.2, -0.15) is 0 Å². The summed E-state index contributed by atoms with van der Waals surface area (Å²) in [5.74, 6) is 1.22. The zero-order valence-corrected chi connectivity index (χ0v) is 12.1. The molecule has 2 rings (SSSR count). The molecular weight excluding hydrogens is 208 g/mol. The molecule has 0 aromatic rings. The molecule has 0 aromatic heterocycles. The molecule has 2 aliphatic carbocycles. The van der Waals surface area contributed by atoms with Gasteiger partial charge in [-0.1, -0.05) is 25.0 Å². The quantitative estimate of drug-likeness (QED) is 0.673. The smallest absolute Gasteiger partial charge is 0.0620 e. The molecule has 98 valence electrons. The average Bonchev–Trinajstić information content (AvgIpc) is 2.40. The van der Waals surface area contributed by atoms with E-state index in [1.54, 1.807) is 11.1 Å². The molecule has 1 N–H and O–H groups in total. The van der Waals surface area contributed by atoms with E-state index in [-0.39, 0.29) is 0 Å². The van der Waals surface area contributed by atoms with E-state index in [0.29, 0.717) is 11.3 Å². The maximum Gasteiger partial charge on any atom is 0.0620 e. The predicted molar refractivity (Wildman–Crippen MR) is 72.8 cm³/mol. The second-order valence-corrected chi connectivity index (χ2v) is 7.21. The number of aliphatic hydroxyl groups is 1. The van der Waals surface area contributed by atoms with Crippen LogP contribution in [0.25, 0.3) is 0 Å². The van der Waals surface area contributed by atoms with Gasteiger partial charge in [-0.05, 0) is 70.1 Å². The lowest BCUT2D eigenvalue weighted by molar-refractivity contribution is -0.00603. The summed E-state index contributed by atoms with van der Waals surface area (Å²) in [6, 6.07) is 0. The molecule has 0 radical (unpaired) electrons. The van der Waals surface area contributed by atoms with Crippen molar-refractivity contribution in [3.63, 3.8) is 0 Å². The number of hydrogen-bond acceptors (Lipinski definition) is 1. The minimum atomic E-state index is -0.527. The Morgan fingerprint density at radius 1 is 1.24 bits per heavy atom. The van der Waals surface area contributed by atoms with Crippen LogP contribution in [0.5, 0.6) is 0 Å². The molecule has 1 nitrogen and oxygen atoms in total. The summed E-state index contributed by atoms with van der Waals surface area (Å²) in [6.07, 6.45) is 6.14. The van der Waals surface area contributed by atoms with Crippen LogP contribution in [0.3, 0.4) is 0 Å². The highest BCUT2D eigenvalue weighted by atomic mass is 16.3. The zero-order valence-electron chi connectivity index (χ0n) is 12.1. The molecule has 0 aliphatic heterocycles. The summed E-state index contributed by atoms with van der Waals surface area (Å²) in [5, 5.41) is 10.4. The van der Waals surface area contributed by atoms with Crippen molar-refractivity contribution in [3.8, 4) is 0 Å². The van der Waals surface area contributed by atoms with Crippen LogP contribution < -0.4 is 0 Å². The molecule has 1 heteroatoms. The van der Waals surface area contributed by atoms with Gasteiger partial charge in [0.15, 0.2) is 0 Å². The lowest BCUT2D eigenvalue weighted by Gasteiger charge is -2.38. The molecule has 0 aromatic carbocycles. The fraction of sp³-hybridized carbons (Fsp3) is 0.875. The molecule has 0 bridgehead atoms. The van der Waals surface area contributed by atoms with E-state index < -0.39 is 5.60 Å². The summed E-state index contributed by atoms with van der Waals surface area (Å²) in [4.78, 5) is 0. The Morgan fingerprint density at radius 3 is 2.47 bits per heavy atom. The topological polar surface area (TPSA) is 20.2 Å². The molecule has 0 spiro atoms. The average molecular weight is 236 g/mol. The van der Waals surface area contributed by atoms with E-state index in [0.717, 1.165) is 12.3 Å². The van der Waals surface area contributed by atoms with Crippen molar-refractivity contribution in [2.75, 3.05) is 0 Å². The Bertz CT molecular complexity index is 334. The molecule has 1 saturated carbocycles. The van der Waals surface area contributed by atoms with Crippen molar-refractivity contribution in [1.29, 1.82) is 0 Å². The SMILES string of the molecule is CC1=C2CC[C@H](C)[C@]2(C)C[C@H](C(C)(C)O)CC1. The number of hydrogen-bond donors (Lipinski definition) is 1. The summed E-state index contributed by atoms with van der Waals surface area (Å²) in [5.41, 5.74) is 3.16. The Balaban J connectivity index is 2.34. The highest BCUT2D eigenvalue weighted by Crippen LogP contribution is 2.55. The van der Waals surface area contributed by atoms with Crippen molar-refractivity contribution >= 4 is 0 Å². The summed E-state index contributed by atoms with van der Waals surface area (Å²) in [7, 11) is 0. The van der Waals surface area contributed by atoms with Gasteiger partial charge in [0.2, 0.25) is 0 Å². The number of fused-ring (bicyclic) bond motifs is 1. The molecule has 3 atom stereocenters. The first kappa shape index (κ1) is 13.1. The van der Waals surface area contributed by atoms with Crippen molar-refractivity contribution in [2.24, 2.45) is 17.3 Å². The summed E-state index contributed by atoms with van der Waals surface area (Å²) >= 11 is 0. The lowest BCUT2D eigenvalue weighted by atomic mass is 9.69. The van der Waals surface area contributed by atoms with Gasteiger partial charge < -0.3 is 5.11 Å². The van der Waals surface area contributed by atoms with E-state index >= 15 is 0 Å². The van der Waals surface area contributed by atoms with Crippen molar-refractivity contribution in [2.45, 2.75) is 72.3 Å². The van der Waals surface area contributed by atoms with Crippen LogP contribution in [0.2, 0.25) is 0 Å². The van der Waals surface area contributed by atoms with Gasteiger partial charge in [0.25, 0.3) is 0 Å². The largest absolute Gasteiger partial charge is 0.390 e. The fourth-order valence-corrected chi connectivity index (χ4v) is 4.05. The van der Waals surface area contributed by atoms with Gasteiger partial charge in [-0.3, -0.25) is 0 Å². The van der Waals surface area contributed by atoms with Gasteiger partial charge in [0.1, 0.15) is 0 Å². The number of rotatable bonds is 1. The van der Waals surface area contributed by atoms with Crippen LogP contribution in [-0.2, 0) is 0 Å². The van der Waals surface area contributed by atoms with Crippen LogP contribution in [0, 0.1) is 17.3 Å². The third-order valence-electron chi connectivity index (χ3n) is 5.66. The summed E-state index contributed by atoms with van der Waals surface area (Å²) < 4.78 is 0. The zero-order chi connectivity index (χ0) is 12.8. The second kappa shape index (κ2) is 4.12. The summed E-state index contributed by atoms with van der Waals surface area (Å²) in [6.45, 7) is 11.1. The minimum absolute atomic E-state index is 0.352. The Hall–Kier alpha value is -0.300. The lowest BCUT2D eigenvalue weighted by Crippen LogP contribution is -2.35. The van der Waals surface area contributed by atoms with Crippen molar-refractivity contribution in [1.82, 2.24) is 0 Å². The van der Waals surface area contributed by atoms with Gasteiger partial charge in [0, 0.05) is 0 Å². The van der Waals surface area contributed by atoms with Crippen molar-refractivity contribution in [3.05, 3.63) is 11.1 Å². The van der Waals surface area contributed by atoms with Crippen LogP contribution in [-0.4, -0.2) is 10.7 Å². The first-order valence-electron chi connectivity index (χ1n) is 7.16. The van der Waals surface area contributed by atoms with E-state index in [4.69, 9.17) is 0 Å². The Labute approximate surface area is 106 Å². The first-order chi connectivity index (χ1) is 7.75. The maximum atomic E-state index is 10.4. The van der Waals surface area contributed by atoms with Crippen molar-refractivity contribution < 1.29 is 5.11 Å². The predicted octanol–water partition coefficient (Wildman–Crippen LogP) is 4.31. The van der Waals surface area contributed by atoms with Crippen LogP contribution >= 0.6 is 0 Å². The molecular formula is C16H28O. The van der Waals surface area contributed by atoms with E-state index in [1.165, 1.54) is 25.7 Å². The molecule has 17 heavy (non-hydrogen) atoms. The molecule has 1 fully saturated rings. The molecule has 0 unspecified atom stereocenters. The number of allylic oxidation sites excluding steroid dienone is 2. The van der Waals surface area contributed by atoms with Gasteiger partial charge in [-0.15, -0.1) is 0 Å². The normalized spacial score (nSPS) is 39.2. The van der Waals surface area contributed by atoms with Gasteiger partial charge in [0.05, 0.1) is 5.60 Å². The monoisotopic (exact) mass is 236 g/mol. The third-order valence-corrected chi connectivity index (χ3v) is 5.66. The van der Waals surface area contributed by atoms with E-state index in [9.17, 15) is 5.11 Å². The molecule has 2 aliphatic rings. The highest BCUT2D eigenvalue weighted by Gasteiger charge is 2.46. The molecule has 0 heterocycles. The van der Waals surface area contributed by atoms with Gasteiger partial charge >= 0.3 is 0 Å². The molecule has 0 saturated heterocycles. The first-order valence-corrected chi connectivity index (χ1v) is 7.16. The van der Waals surface area contributed by atoms with Crippen LogP contribution in [0.4, 0.5) is 0 Å². The van der Waals surface area contributed by atoms with E-state index in [2.05, 4.69) is 20.8 Å². The fourth-order valence-electron chi connectivity index (χ4n) is 4.05. The van der Waals surface area contributed by atoms with Crippen LogP contribution in [0.15, 0.2) is 11.1 Å². The van der Waals surface area contributed by atoms with Gasteiger partial charge in [-0.25, -0.2) is 0 Å². The van der Waals surface area contributed by atoms with Crippen LogP contribution in [0.1, 0.15) is 66.7 Å². The Kier molecular flexibility index (Phi) is 3.18. The Morgan fingerprint density at radius 2 is 1.88 bits per heavy atom.